The van der Waals surface area contributed by atoms with Crippen LogP contribution in [-0.4, -0.2) is 16.9 Å². The molecular formula is C12H16Cl2N2O. The van der Waals surface area contributed by atoms with Crippen LogP contribution in [-0.2, 0) is 0 Å². The number of rotatable bonds is 4. The molecule has 0 fully saturated rings. The lowest BCUT2D eigenvalue weighted by Crippen LogP contribution is -2.38. The Hall–Kier alpha value is -0.800. The van der Waals surface area contributed by atoms with E-state index in [2.05, 4.69) is 24.1 Å². The lowest BCUT2D eigenvalue weighted by Gasteiger charge is -2.20. The number of pyridine rings is 1. The second kappa shape index (κ2) is 6.22. The summed E-state index contributed by atoms with van der Waals surface area (Å²) >= 11 is 11.5. The minimum absolute atomic E-state index is 0.146. The SMILES string of the molecule is CCC(NC(=O)c1cc(Cl)nc(Cl)c1)C(C)C. The second-order valence-electron chi connectivity index (χ2n) is 4.23. The molecule has 0 aliphatic heterocycles. The first-order valence-corrected chi connectivity index (χ1v) is 6.33. The highest BCUT2D eigenvalue weighted by Gasteiger charge is 2.16. The molecular weight excluding hydrogens is 259 g/mol. The zero-order chi connectivity index (χ0) is 13.0. The number of carbonyl (C=O) groups excluding carboxylic acids is 1. The van der Waals surface area contributed by atoms with E-state index in [1.807, 2.05) is 6.92 Å². The van der Waals surface area contributed by atoms with Crippen LogP contribution in [0.2, 0.25) is 10.3 Å². The third-order valence-corrected chi connectivity index (χ3v) is 2.97. The molecule has 1 atom stereocenters. The van der Waals surface area contributed by atoms with Gasteiger partial charge in [0.1, 0.15) is 10.3 Å². The number of hydrogen-bond acceptors (Lipinski definition) is 2. The van der Waals surface area contributed by atoms with Crippen molar-refractivity contribution < 1.29 is 4.79 Å². The number of carbonyl (C=O) groups is 1. The van der Waals surface area contributed by atoms with Crippen LogP contribution in [0.25, 0.3) is 0 Å². The Kier molecular flexibility index (Phi) is 5.22. The molecule has 1 rings (SSSR count). The summed E-state index contributed by atoms with van der Waals surface area (Å²) in [4.78, 5) is 15.8. The van der Waals surface area contributed by atoms with Crippen molar-refractivity contribution in [1.82, 2.24) is 10.3 Å². The average Bonchev–Trinajstić information content (AvgIpc) is 2.23. The molecule has 1 amide bonds. The lowest BCUT2D eigenvalue weighted by molar-refractivity contribution is 0.0924. The van der Waals surface area contributed by atoms with Gasteiger partial charge in [0.2, 0.25) is 0 Å². The maximum atomic E-state index is 12.0. The highest BCUT2D eigenvalue weighted by molar-refractivity contribution is 6.33. The Morgan fingerprint density at radius 2 is 1.88 bits per heavy atom. The van der Waals surface area contributed by atoms with Crippen LogP contribution in [0.3, 0.4) is 0 Å². The molecule has 0 aliphatic rings. The van der Waals surface area contributed by atoms with Crippen molar-refractivity contribution in [2.75, 3.05) is 0 Å². The van der Waals surface area contributed by atoms with Gasteiger partial charge in [0.05, 0.1) is 0 Å². The fourth-order valence-corrected chi connectivity index (χ4v) is 2.05. The zero-order valence-electron chi connectivity index (χ0n) is 10.1. The molecule has 0 bridgehead atoms. The van der Waals surface area contributed by atoms with Gasteiger partial charge in [-0.1, -0.05) is 44.0 Å². The lowest BCUT2D eigenvalue weighted by atomic mass is 10.0. The van der Waals surface area contributed by atoms with Crippen LogP contribution in [0.15, 0.2) is 12.1 Å². The van der Waals surface area contributed by atoms with Gasteiger partial charge in [-0.05, 0) is 24.5 Å². The van der Waals surface area contributed by atoms with Crippen molar-refractivity contribution >= 4 is 29.1 Å². The van der Waals surface area contributed by atoms with E-state index in [-0.39, 0.29) is 22.3 Å². The highest BCUT2D eigenvalue weighted by Crippen LogP contribution is 2.15. The summed E-state index contributed by atoms with van der Waals surface area (Å²) in [6.45, 7) is 6.18. The maximum Gasteiger partial charge on any atom is 0.251 e. The molecule has 0 saturated heterocycles. The van der Waals surface area contributed by atoms with Crippen LogP contribution in [0, 0.1) is 5.92 Å². The number of hydrogen-bond donors (Lipinski definition) is 1. The molecule has 1 aromatic heterocycles. The maximum absolute atomic E-state index is 12.0. The molecule has 1 aromatic rings. The molecule has 1 N–H and O–H groups in total. The Balaban J connectivity index is 2.82. The Bertz CT molecular complexity index is 387. The van der Waals surface area contributed by atoms with E-state index in [0.29, 0.717) is 11.5 Å². The molecule has 5 heteroatoms. The van der Waals surface area contributed by atoms with Gasteiger partial charge in [-0.3, -0.25) is 4.79 Å². The predicted octanol–water partition coefficient (Wildman–Crippen LogP) is 3.55. The van der Waals surface area contributed by atoms with E-state index in [1.165, 1.54) is 12.1 Å². The summed E-state index contributed by atoms with van der Waals surface area (Å²) in [5.41, 5.74) is 0.439. The van der Waals surface area contributed by atoms with Crippen molar-refractivity contribution in [3.8, 4) is 0 Å². The summed E-state index contributed by atoms with van der Waals surface area (Å²) in [5, 5.41) is 3.40. The van der Waals surface area contributed by atoms with Crippen LogP contribution in [0.5, 0.6) is 0 Å². The minimum atomic E-state index is -0.170. The fraction of sp³-hybridized carbons (Fsp3) is 0.500. The third-order valence-electron chi connectivity index (χ3n) is 2.59. The summed E-state index contributed by atoms with van der Waals surface area (Å²) < 4.78 is 0. The number of halogens is 2. The Morgan fingerprint density at radius 1 is 1.35 bits per heavy atom. The van der Waals surface area contributed by atoms with Gasteiger partial charge >= 0.3 is 0 Å². The van der Waals surface area contributed by atoms with Gasteiger partial charge in [0, 0.05) is 11.6 Å². The number of amides is 1. The molecule has 3 nitrogen and oxygen atoms in total. The van der Waals surface area contributed by atoms with Crippen LogP contribution in [0.4, 0.5) is 0 Å². The molecule has 94 valence electrons. The van der Waals surface area contributed by atoms with Crippen molar-refractivity contribution in [3.63, 3.8) is 0 Å². The largest absolute Gasteiger partial charge is 0.349 e. The first-order valence-electron chi connectivity index (χ1n) is 5.58. The van der Waals surface area contributed by atoms with Crippen LogP contribution >= 0.6 is 23.2 Å². The standard InChI is InChI=1S/C12H16Cl2N2O/c1-4-9(7(2)3)15-12(17)8-5-10(13)16-11(14)6-8/h5-7,9H,4H2,1-3H3,(H,15,17). The van der Waals surface area contributed by atoms with E-state index in [9.17, 15) is 4.79 Å². The molecule has 0 radical (unpaired) electrons. The molecule has 1 heterocycles. The first-order chi connectivity index (χ1) is 7.93. The van der Waals surface area contributed by atoms with E-state index in [4.69, 9.17) is 23.2 Å². The van der Waals surface area contributed by atoms with E-state index in [1.54, 1.807) is 0 Å². The molecule has 0 saturated carbocycles. The second-order valence-corrected chi connectivity index (χ2v) is 5.01. The van der Waals surface area contributed by atoms with Crippen molar-refractivity contribution in [2.45, 2.75) is 33.2 Å². The first kappa shape index (κ1) is 14.3. The zero-order valence-corrected chi connectivity index (χ0v) is 11.6. The fourth-order valence-electron chi connectivity index (χ4n) is 1.59. The summed E-state index contributed by atoms with van der Waals surface area (Å²) in [6, 6.07) is 3.17. The summed E-state index contributed by atoms with van der Waals surface area (Å²) in [5.74, 6) is 0.216. The smallest absolute Gasteiger partial charge is 0.251 e. The predicted molar refractivity (Wildman–Crippen MR) is 70.6 cm³/mol. The topological polar surface area (TPSA) is 42.0 Å². The Labute approximate surface area is 112 Å². The molecule has 0 aromatic carbocycles. The number of nitrogens with one attached hydrogen (secondary N) is 1. The average molecular weight is 275 g/mol. The molecule has 17 heavy (non-hydrogen) atoms. The van der Waals surface area contributed by atoms with Crippen LogP contribution in [0.1, 0.15) is 37.6 Å². The summed E-state index contributed by atoms with van der Waals surface area (Å²) in [7, 11) is 0. The molecule has 0 spiro atoms. The molecule has 0 aliphatic carbocycles. The van der Waals surface area contributed by atoms with E-state index in [0.717, 1.165) is 6.42 Å². The van der Waals surface area contributed by atoms with Gasteiger partial charge in [0.15, 0.2) is 0 Å². The van der Waals surface area contributed by atoms with E-state index >= 15 is 0 Å². The Morgan fingerprint density at radius 3 is 2.29 bits per heavy atom. The van der Waals surface area contributed by atoms with E-state index < -0.39 is 0 Å². The third kappa shape index (κ3) is 4.17. The van der Waals surface area contributed by atoms with Crippen molar-refractivity contribution in [2.24, 2.45) is 5.92 Å². The number of aromatic nitrogens is 1. The summed E-state index contributed by atoms with van der Waals surface area (Å²) in [6.07, 6.45) is 0.885. The van der Waals surface area contributed by atoms with Gasteiger partial charge in [0.25, 0.3) is 5.91 Å². The van der Waals surface area contributed by atoms with Crippen molar-refractivity contribution in [3.05, 3.63) is 28.0 Å². The van der Waals surface area contributed by atoms with Gasteiger partial charge in [-0.15, -0.1) is 0 Å². The quantitative estimate of drug-likeness (QED) is 0.854. The van der Waals surface area contributed by atoms with Gasteiger partial charge in [-0.25, -0.2) is 4.98 Å². The normalized spacial score (nSPS) is 12.6. The highest BCUT2D eigenvalue weighted by atomic mass is 35.5. The monoisotopic (exact) mass is 274 g/mol. The van der Waals surface area contributed by atoms with Crippen LogP contribution < -0.4 is 5.32 Å². The molecule has 1 unspecified atom stereocenters. The van der Waals surface area contributed by atoms with Gasteiger partial charge in [-0.2, -0.15) is 0 Å². The number of nitrogens with zero attached hydrogens (tertiary/aromatic N) is 1. The van der Waals surface area contributed by atoms with Crippen molar-refractivity contribution in [1.29, 1.82) is 0 Å². The van der Waals surface area contributed by atoms with Gasteiger partial charge < -0.3 is 5.32 Å². The minimum Gasteiger partial charge on any atom is -0.349 e.